The largest absolute Gasteiger partial charge is 0.461 e. The van der Waals surface area contributed by atoms with Gasteiger partial charge in [0.25, 0.3) is 0 Å². The van der Waals surface area contributed by atoms with Crippen LogP contribution in [0, 0.1) is 11.3 Å². The molecule has 0 aliphatic heterocycles. The lowest BCUT2D eigenvalue weighted by atomic mass is 10.1. The summed E-state index contributed by atoms with van der Waals surface area (Å²) in [5.41, 5.74) is 8.45. The Balaban J connectivity index is 2.10. The van der Waals surface area contributed by atoms with E-state index in [0.29, 0.717) is 16.9 Å². The highest BCUT2D eigenvalue weighted by Gasteiger charge is 2.14. The summed E-state index contributed by atoms with van der Waals surface area (Å²) in [6, 6.07) is 10.8. The van der Waals surface area contributed by atoms with Crippen LogP contribution in [-0.4, -0.2) is 26.9 Å². The van der Waals surface area contributed by atoms with Gasteiger partial charge in [0.2, 0.25) is 5.95 Å². The second-order valence-electron chi connectivity index (χ2n) is 4.77. The molecule has 0 spiro atoms. The Morgan fingerprint density at radius 3 is 2.96 bits per heavy atom. The molecule has 0 radical (unpaired) electrons. The molecule has 3 rings (SSSR count). The van der Waals surface area contributed by atoms with Gasteiger partial charge in [0, 0.05) is 17.8 Å². The van der Waals surface area contributed by atoms with Gasteiger partial charge in [-0.05, 0) is 19.1 Å². The SMILES string of the molecule is CCOC(=O)c1cn2c(N)nc(-c3cccc(C#N)c3)cc2n1. The Morgan fingerprint density at radius 2 is 2.22 bits per heavy atom. The first-order chi connectivity index (χ1) is 11.1. The van der Waals surface area contributed by atoms with E-state index in [9.17, 15) is 4.79 Å². The first-order valence-electron chi connectivity index (χ1n) is 6.95. The molecule has 3 aromatic rings. The minimum absolute atomic E-state index is 0.170. The number of carbonyl (C=O) groups is 1. The third kappa shape index (κ3) is 2.70. The van der Waals surface area contributed by atoms with E-state index in [2.05, 4.69) is 16.0 Å². The van der Waals surface area contributed by atoms with Gasteiger partial charge >= 0.3 is 5.97 Å². The fourth-order valence-corrected chi connectivity index (χ4v) is 2.21. The van der Waals surface area contributed by atoms with Crippen molar-refractivity contribution in [3.8, 4) is 17.3 Å². The van der Waals surface area contributed by atoms with Crippen molar-refractivity contribution in [3.63, 3.8) is 0 Å². The number of rotatable bonds is 3. The van der Waals surface area contributed by atoms with Gasteiger partial charge in [0.05, 0.1) is 23.9 Å². The molecule has 0 bridgehead atoms. The van der Waals surface area contributed by atoms with E-state index in [0.717, 1.165) is 5.56 Å². The lowest BCUT2D eigenvalue weighted by molar-refractivity contribution is 0.0520. The van der Waals surface area contributed by atoms with Crippen molar-refractivity contribution in [2.24, 2.45) is 0 Å². The van der Waals surface area contributed by atoms with Crippen LogP contribution in [0.5, 0.6) is 0 Å². The quantitative estimate of drug-likeness (QED) is 0.742. The average Bonchev–Trinajstić information content (AvgIpc) is 3.00. The molecule has 0 atom stereocenters. The summed E-state index contributed by atoms with van der Waals surface area (Å²) in [6.45, 7) is 2.00. The summed E-state index contributed by atoms with van der Waals surface area (Å²) in [7, 11) is 0. The molecule has 0 saturated carbocycles. The maximum Gasteiger partial charge on any atom is 0.358 e. The average molecular weight is 307 g/mol. The van der Waals surface area contributed by atoms with E-state index in [1.807, 2.05) is 6.07 Å². The molecule has 0 aliphatic carbocycles. The monoisotopic (exact) mass is 307 g/mol. The Labute approximate surface area is 132 Å². The molecule has 2 heterocycles. The number of anilines is 1. The Kier molecular flexibility index (Phi) is 3.65. The molecule has 23 heavy (non-hydrogen) atoms. The van der Waals surface area contributed by atoms with Gasteiger partial charge in [-0.25, -0.2) is 14.8 Å². The molecule has 0 aliphatic rings. The van der Waals surface area contributed by atoms with E-state index in [1.54, 1.807) is 31.2 Å². The van der Waals surface area contributed by atoms with Crippen LogP contribution in [0.25, 0.3) is 16.9 Å². The standard InChI is InChI=1S/C16H13N5O2/c1-2-23-15(22)13-9-21-14(19-13)7-12(20-16(21)18)11-5-3-4-10(6-11)8-17/h3-7,9H,2H2,1H3,(H2,18,20). The highest BCUT2D eigenvalue weighted by Crippen LogP contribution is 2.22. The van der Waals surface area contributed by atoms with E-state index in [1.165, 1.54) is 10.6 Å². The molecule has 7 heteroatoms. The normalized spacial score (nSPS) is 10.4. The van der Waals surface area contributed by atoms with Crippen LogP contribution in [-0.2, 0) is 4.74 Å². The van der Waals surface area contributed by atoms with Crippen molar-refractivity contribution in [3.05, 3.63) is 47.8 Å². The zero-order valence-electron chi connectivity index (χ0n) is 12.4. The van der Waals surface area contributed by atoms with Crippen molar-refractivity contribution < 1.29 is 9.53 Å². The van der Waals surface area contributed by atoms with Gasteiger partial charge in [-0.15, -0.1) is 0 Å². The van der Waals surface area contributed by atoms with E-state index in [-0.39, 0.29) is 18.2 Å². The summed E-state index contributed by atoms with van der Waals surface area (Å²) in [5.74, 6) is -0.313. The topological polar surface area (TPSA) is 106 Å². The van der Waals surface area contributed by atoms with Crippen LogP contribution in [0.15, 0.2) is 36.5 Å². The number of hydrogen-bond donors (Lipinski definition) is 1. The van der Waals surface area contributed by atoms with Crippen LogP contribution in [0.4, 0.5) is 5.95 Å². The van der Waals surface area contributed by atoms with Crippen molar-refractivity contribution in [2.75, 3.05) is 12.3 Å². The summed E-state index contributed by atoms with van der Waals surface area (Å²) in [5, 5.41) is 8.99. The van der Waals surface area contributed by atoms with E-state index in [4.69, 9.17) is 15.7 Å². The number of nitrogens with two attached hydrogens (primary N) is 1. The number of nitrogens with zero attached hydrogens (tertiary/aromatic N) is 4. The summed E-state index contributed by atoms with van der Waals surface area (Å²) in [6.07, 6.45) is 1.49. The number of hydrogen-bond acceptors (Lipinski definition) is 6. The Morgan fingerprint density at radius 1 is 1.39 bits per heavy atom. The molecular formula is C16H13N5O2. The number of nitriles is 1. The fraction of sp³-hybridized carbons (Fsp3) is 0.125. The molecule has 7 nitrogen and oxygen atoms in total. The number of esters is 1. The molecule has 1 aromatic carbocycles. The second kappa shape index (κ2) is 5.77. The predicted octanol–water partition coefficient (Wildman–Crippen LogP) is 2.03. The van der Waals surface area contributed by atoms with Crippen molar-refractivity contribution in [1.29, 1.82) is 5.26 Å². The van der Waals surface area contributed by atoms with Gasteiger partial charge in [0.15, 0.2) is 5.69 Å². The number of ether oxygens (including phenoxy) is 1. The number of carbonyl (C=O) groups excluding carboxylic acids is 1. The van der Waals surface area contributed by atoms with Crippen molar-refractivity contribution in [2.45, 2.75) is 6.92 Å². The lowest BCUT2D eigenvalue weighted by Gasteiger charge is -2.04. The summed E-state index contributed by atoms with van der Waals surface area (Å²) in [4.78, 5) is 20.3. The van der Waals surface area contributed by atoms with Gasteiger partial charge in [-0.3, -0.25) is 4.40 Å². The van der Waals surface area contributed by atoms with E-state index < -0.39 is 5.97 Å². The number of imidazole rings is 1. The number of nitrogen functional groups attached to an aromatic ring is 1. The number of aromatic nitrogens is 3. The Bertz CT molecular complexity index is 939. The molecule has 0 fully saturated rings. The van der Waals surface area contributed by atoms with Gasteiger partial charge in [-0.1, -0.05) is 12.1 Å². The highest BCUT2D eigenvalue weighted by molar-refractivity contribution is 5.88. The van der Waals surface area contributed by atoms with Gasteiger partial charge < -0.3 is 10.5 Å². The minimum atomic E-state index is -0.511. The van der Waals surface area contributed by atoms with Crippen LogP contribution < -0.4 is 5.73 Å². The smallest absolute Gasteiger partial charge is 0.358 e. The van der Waals surface area contributed by atoms with Gasteiger partial charge in [0.1, 0.15) is 5.65 Å². The molecule has 2 N–H and O–H groups in total. The molecule has 114 valence electrons. The Hall–Kier alpha value is -3.40. The molecule has 0 saturated heterocycles. The summed E-state index contributed by atoms with van der Waals surface area (Å²) >= 11 is 0. The second-order valence-corrected chi connectivity index (χ2v) is 4.77. The minimum Gasteiger partial charge on any atom is -0.461 e. The third-order valence-electron chi connectivity index (χ3n) is 3.25. The fourth-order valence-electron chi connectivity index (χ4n) is 2.21. The highest BCUT2D eigenvalue weighted by atomic mass is 16.5. The van der Waals surface area contributed by atoms with Crippen LogP contribution in [0.3, 0.4) is 0 Å². The maximum absolute atomic E-state index is 11.8. The molecular weight excluding hydrogens is 294 g/mol. The number of benzene rings is 1. The summed E-state index contributed by atoms with van der Waals surface area (Å²) < 4.78 is 6.45. The number of fused-ring (bicyclic) bond motifs is 1. The predicted molar refractivity (Wildman–Crippen MR) is 83.5 cm³/mol. The van der Waals surface area contributed by atoms with Crippen molar-refractivity contribution >= 4 is 17.6 Å². The molecule has 0 amide bonds. The molecule has 0 unspecified atom stereocenters. The zero-order valence-corrected chi connectivity index (χ0v) is 12.4. The van der Waals surface area contributed by atoms with Crippen LogP contribution >= 0.6 is 0 Å². The third-order valence-corrected chi connectivity index (χ3v) is 3.25. The van der Waals surface area contributed by atoms with E-state index >= 15 is 0 Å². The maximum atomic E-state index is 11.8. The first kappa shape index (κ1) is 14.5. The first-order valence-corrected chi connectivity index (χ1v) is 6.95. The molecule has 2 aromatic heterocycles. The van der Waals surface area contributed by atoms with Crippen molar-refractivity contribution in [1.82, 2.24) is 14.4 Å². The van der Waals surface area contributed by atoms with Crippen LogP contribution in [0.2, 0.25) is 0 Å². The van der Waals surface area contributed by atoms with Crippen LogP contribution in [0.1, 0.15) is 23.0 Å². The zero-order chi connectivity index (χ0) is 16.4. The van der Waals surface area contributed by atoms with Gasteiger partial charge in [-0.2, -0.15) is 5.26 Å². The lowest BCUT2D eigenvalue weighted by Crippen LogP contribution is -2.04.